The van der Waals surface area contributed by atoms with Crippen molar-refractivity contribution in [2.75, 3.05) is 20.7 Å². The molecule has 0 aromatic heterocycles. The average Bonchev–Trinajstić information content (AvgIpc) is 2.58. The molecule has 0 spiro atoms. The van der Waals surface area contributed by atoms with Gasteiger partial charge in [0.05, 0.1) is 11.1 Å². The van der Waals surface area contributed by atoms with Crippen LogP contribution < -0.4 is 9.47 Å². The highest BCUT2D eigenvalue weighted by molar-refractivity contribution is 9.10. The lowest BCUT2D eigenvalue weighted by Gasteiger charge is -2.28. The molecule has 0 unspecified atom stereocenters. The predicted octanol–water partition coefficient (Wildman–Crippen LogP) is 2.21. The highest BCUT2D eigenvalue weighted by Crippen LogP contribution is 2.38. The molecule has 1 saturated heterocycles. The minimum absolute atomic E-state index is 0.163. The molecule has 9 heteroatoms. The van der Waals surface area contributed by atoms with E-state index in [2.05, 4.69) is 15.9 Å². The van der Waals surface area contributed by atoms with Crippen LogP contribution in [0.15, 0.2) is 22.2 Å². The van der Waals surface area contributed by atoms with E-state index in [0.29, 0.717) is 16.6 Å². The third-order valence-electron chi connectivity index (χ3n) is 3.53. The molecule has 0 saturated carbocycles. The lowest BCUT2D eigenvalue weighted by Crippen LogP contribution is -2.52. The highest BCUT2D eigenvalue weighted by atomic mass is 79.9. The van der Waals surface area contributed by atoms with Gasteiger partial charge in [-0.1, -0.05) is 0 Å². The van der Waals surface area contributed by atoms with E-state index in [0.717, 1.165) is 9.80 Å². The number of carbonyl (C=O) groups is 4. The zero-order valence-corrected chi connectivity index (χ0v) is 16.2. The van der Waals surface area contributed by atoms with Crippen LogP contribution in [0.3, 0.4) is 0 Å². The quantitative estimate of drug-likeness (QED) is 0.318. The van der Waals surface area contributed by atoms with Crippen molar-refractivity contribution in [3.05, 3.63) is 27.7 Å². The van der Waals surface area contributed by atoms with E-state index in [9.17, 15) is 19.2 Å². The third-order valence-corrected chi connectivity index (χ3v) is 4.12. The molecule has 0 aliphatic carbocycles. The van der Waals surface area contributed by atoms with Crippen LogP contribution in [0.25, 0.3) is 6.08 Å². The zero-order chi connectivity index (χ0) is 19.6. The molecule has 1 fully saturated rings. The molecule has 26 heavy (non-hydrogen) atoms. The van der Waals surface area contributed by atoms with E-state index in [4.69, 9.17) is 9.47 Å². The van der Waals surface area contributed by atoms with Gasteiger partial charge in [0, 0.05) is 21.0 Å². The number of hydrogen-bond donors (Lipinski definition) is 0. The lowest BCUT2D eigenvalue weighted by molar-refractivity contribution is -0.134. The van der Waals surface area contributed by atoms with E-state index in [-0.39, 0.29) is 17.1 Å². The zero-order valence-electron chi connectivity index (χ0n) is 14.7. The summed E-state index contributed by atoms with van der Waals surface area (Å²) in [7, 11) is 2.60. The fraction of sp³-hybridized carbons (Fsp3) is 0.294. The van der Waals surface area contributed by atoms with Gasteiger partial charge in [-0.25, -0.2) is 4.79 Å². The number of carbonyl (C=O) groups excluding carboxylic acids is 4. The lowest BCUT2D eigenvalue weighted by atomic mass is 10.1. The highest BCUT2D eigenvalue weighted by Gasteiger charge is 2.37. The Balaban J connectivity index is 2.53. The summed E-state index contributed by atoms with van der Waals surface area (Å²) < 4.78 is 11.0. The minimum Gasteiger partial charge on any atom is -0.490 e. The average molecular weight is 425 g/mol. The monoisotopic (exact) mass is 424 g/mol. The van der Waals surface area contributed by atoms with Crippen LogP contribution in [-0.4, -0.2) is 54.3 Å². The van der Waals surface area contributed by atoms with Gasteiger partial charge in [0.15, 0.2) is 11.5 Å². The second-order valence-corrected chi connectivity index (χ2v) is 6.28. The summed E-state index contributed by atoms with van der Waals surface area (Å²) in [5.41, 5.74) is 0.299. The second kappa shape index (κ2) is 7.69. The second-order valence-electron chi connectivity index (χ2n) is 5.43. The van der Waals surface area contributed by atoms with Crippen LogP contribution in [0.5, 0.6) is 11.5 Å². The summed E-state index contributed by atoms with van der Waals surface area (Å²) in [4.78, 5) is 49.3. The van der Waals surface area contributed by atoms with E-state index in [1.54, 1.807) is 13.0 Å². The van der Waals surface area contributed by atoms with Crippen LogP contribution in [-0.2, 0) is 14.4 Å². The Labute approximate surface area is 158 Å². The molecule has 1 heterocycles. The van der Waals surface area contributed by atoms with Crippen molar-refractivity contribution in [2.45, 2.75) is 13.8 Å². The van der Waals surface area contributed by atoms with Crippen molar-refractivity contribution in [3.63, 3.8) is 0 Å². The van der Waals surface area contributed by atoms with Crippen molar-refractivity contribution in [2.24, 2.45) is 0 Å². The Morgan fingerprint density at radius 3 is 2.23 bits per heavy atom. The summed E-state index contributed by atoms with van der Waals surface area (Å²) in [6.45, 7) is 3.35. The van der Waals surface area contributed by atoms with E-state index in [1.165, 1.54) is 33.2 Å². The van der Waals surface area contributed by atoms with Gasteiger partial charge in [0.25, 0.3) is 11.8 Å². The number of imide groups is 2. The van der Waals surface area contributed by atoms with Gasteiger partial charge in [0.2, 0.25) is 0 Å². The fourth-order valence-corrected chi connectivity index (χ4v) is 2.86. The number of hydrogen-bond acceptors (Lipinski definition) is 6. The number of rotatable bonds is 4. The number of likely N-dealkylation sites (N-methyl/N-ethyl adjacent to an activating group) is 2. The maximum atomic E-state index is 12.3. The molecule has 1 aromatic carbocycles. The molecule has 0 atom stereocenters. The number of barbiturate groups is 1. The van der Waals surface area contributed by atoms with Crippen molar-refractivity contribution in [1.29, 1.82) is 0 Å². The summed E-state index contributed by atoms with van der Waals surface area (Å²) in [6, 6.07) is 2.42. The van der Waals surface area contributed by atoms with Crippen LogP contribution in [0.1, 0.15) is 19.4 Å². The molecule has 1 aliphatic rings. The topological polar surface area (TPSA) is 93.2 Å². The van der Waals surface area contributed by atoms with Gasteiger partial charge in [-0.2, -0.15) is 0 Å². The molecule has 0 N–H and O–H groups in total. The Kier molecular flexibility index (Phi) is 5.81. The Morgan fingerprint density at radius 1 is 1.15 bits per heavy atom. The van der Waals surface area contributed by atoms with Crippen LogP contribution in [0.2, 0.25) is 0 Å². The molecule has 1 aliphatic heterocycles. The summed E-state index contributed by atoms with van der Waals surface area (Å²) in [5, 5.41) is 0. The SMILES string of the molecule is CCOc1cc(C=C2C(=O)N(C)C(=O)N(C)C2=O)cc(Br)c1OC(C)=O. The third kappa shape index (κ3) is 3.77. The largest absolute Gasteiger partial charge is 0.490 e. The first-order valence-corrected chi connectivity index (χ1v) is 8.43. The minimum atomic E-state index is -0.698. The normalized spacial score (nSPS) is 14.7. The van der Waals surface area contributed by atoms with Crippen molar-refractivity contribution in [1.82, 2.24) is 9.80 Å². The van der Waals surface area contributed by atoms with Crippen molar-refractivity contribution >= 4 is 45.8 Å². The van der Waals surface area contributed by atoms with Crippen molar-refractivity contribution in [3.8, 4) is 11.5 Å². The van der Waals surface area contributed by atoms with Crippen molar-refractivity contribution < 1.29 is 28.7 Å². The number of nitrogens with zero attached hydrogens (tertiary/aromatic N) is 2. The molecule has 0 radical (unpaired) electrons. The van der Waals surface area contributed by atoms with E-state index < -0.39 is 23.8 Å². The van der Waals surface area contributed by atoms with Gasteiger partial charge in [0.1, 0.15) is 5.57 Å². The molecule has 138 valence electrons. The summed E-state index contributed by atoms with van der Waals surface area (Å²) in [5.74, 6) is -1.44. The van der Waals surface area contributed by atoms with Gasteiger partial charge in [-0.05, 0) is 46.6 Å². The maximum Gasteiger partial charge on any atom is 0.333 e. The van der Waals surface area contributed by atoms with Gasteiger partial charge >= 0.3 is 12.0 Å². The first-order chi connectivity index (χ1) is 12.2. The molecule has 8 nitrogen and oxygen atoms in total. The number of halogens is 1. The Morgan fingerprint density at radius 2 is 1.73 bits per heavy atom. The number of amides is 4. The molecule has 1 aromatic rings. The predicted molar refractivity (Wildman–Crippen MR) is 95.5 cm³/mol. The van der Waals surface area contributed by atoms with Crippen LogP contribution in [0.4, 0.5) is 4.79 Å². The van der Waals surface area contributed by atoms with E-state index >= 15 is 0 Å². The van der Waals surface area contributed by atoms with Crippen LogP contribution in [0, 0.1) is 0 Å². The first-order valence-electron chi connectivity index (χ1n) is 7.63. The summed E-state index contributed by atoms with van der Waals surface area (Å²) in [6.07, 6.45) is 1.36. The standard InChI is InChI=1S/C17H17BrN2O6/c1-5-25-13-8-10(7-12(18)14(13)26-9(2)21)6-11-15(22)19(3)17(24)20(4)16(11)23/h6-8H,5H2,1-4H3. The molecular formula is C17H17BrN2O6. The van der Waals surface area contributed by atoms with Gasteiger partial charge in [-0.3, -0.25) is 24.2 Å². The number of urea groups is 1. The molecule has 2 rings (SSSR count). The maximum absolute atomic E-state index is 12.3. The fourth-order valence-electron chi connectivity index (χ4n) is 2.32. The van der Waals surface area contributed by atoms with Gasteiger partial charge < -0.3 is 9.47 Å². The number of esters is 1. The molecule has 0 bridgehead atoms. The van der Waals surface area contributed by atoms with Crippen LogP contribution >= 0.6 is 15.9 Å². The number of benzene rings is 1. The Hall–Kier alpha value is -2.68. The molecule has 4 amide bonds. The molecular weight excluding hydrogens is 408 g/mol. The van der Waals surface area contributed by atoms with E-state index in [1.807, 2.05) is 0 Å². The Bertz CT molecular complexity index is 807. The summed E-state index contributed by atoms with van der Waals surface area (Å²) >= 11 is 3.29. The van der Waals surface area contributed by atoms with Gasteiger partial charge in [-0.15, -0.1) is 0 Å². The smallest absolute Gasteiger partial charge is 0.333 e. The first kappa shape index (κ1) is 19.6. The number of ether oxygens (including phenoxy) is 2.